The first-order chi connectivity index (χ1) is 13.9. The Kier molecular flexibility index (Phi) is 15.9. The number of hydrogen-bond acceptors (Lipinski definition) is 11. The maximum Gasteiger partial charge on any atom is 0.305 e. The number of aliphatic hydroxyl groups excluding tert-OH is 4. The number of aliphatic hydroxyl groups is 4. The quantitative estimate of drug-likeness (QED) is 0.118. The van der Waals surface area contributed by atoms with Gasteiger partial charge < -0.3 is 34.6 Å². The summed E-state index contributed by atoms with van der Waals surface area (Å²) in [5, 5.41) is 38.1. The molecule has 0 atom stereocenters. The molecule has 0 aliphatic heterocycles. The highest BCUT2D eigenvalue weighted by Gasteiger charge is 2.36. The number of carbonyl (C=O) groups is 2. The third-order valence-corrected chi connectivity index (χ3v) is 4.95. The lowest BCUT2D eigenvalue weighted by Gasteiger charge is -2.33. The minimum Gasteiger partial charge on any atom is -0.465 e. The van der Waals surface area contributed by atoms with Gasteiger partial charge in [-0.05, 0) is 24.3 Å². The highest BCUT2D eigenvalue weighted by Crippen LogP contribution is 2.23. The molecule has 0 radical (unpaired) electrons. The topological polar surface area (TPSA) is 143 Å². The number of thiol groups is 2. The third-order valence-electron chi connectivity index (χ3n) is 4.31. The average molecular weight is 459 g/mol. The van der Waals surface area contributed by atoms with Gasteiger partial charge in [-0.15, -0.1) is 0 Å². The van der Waals surface area contributed by atoms with E-state index in [1.165, 1.54) is 0 Å². The van der Waals surface area contributed by atoms with E-state index < -0.39 is 49.2 Å². The fraction of sp³-hybridized carbons (Fsp3) is 0.889. The van der Waals surface area contributed by atoms with Crippen LogP contribution in [0.25, 0.3) is 0 Å². The van der Waals surface area contributed by atoms with Gasteiger partial charge in [0.15, 0.2) is 0 Å². The first-order valence-corrected chi connectivity index (χ1v) is 10.7. The van der Waals surface area contributed by atoms with Crippen LogP contribution in [0.15, 0.2) is 0 Å². The van der Waals surface area contributed by atoms with E-state index in [1.807, 2.05) is 0 Å². The summed E-state index contributed by atoms with van der Waals surface area (Å²) in [7, 11) is 0. The van der Waals surface area contributed by atoms with Crippen molar-refractivity contribution in [1.29, 1.82) is 0 Å². The molecule has 29 heavy (non-hydrogen) atoms. The minimum absolute atomic E-state index is 0.163. The van der Waals surface area contributed by atoms with E-state index in [1.54, 1.807) is 0 Å². The Balaban J connectivity index is 5.02. The van der Waals surface area contributed by atoms with Crippen LogP contribution in [0.1, 0.15) is 25.7 Å². The molecule has 0 aliphatic rings. The maximum absolute atomic E-state index is 11.8. The number of carbonyl (C=O) groups excluding carboxylic acids is 2. The second kappa shape index (κ2) is 16.2. The molecule has 0 saturated carbocycles. The fourth-order valence-electron chi connectivity index (χ4n) is 2.09. The van der Waals surface area contributed by atoms with Crippen LogP contribution in [0.2, 0.25) is 0 Å². The van der Waals surface area contributed by atoms with Gasteiger partial charge in [-0.2, -0.15) is 25.3 Å². The molecule has 0 heterocycles. The molecule has 0 aromatic heterocycles. The molecule has 0 unspecified atom stereocenters. The predicted molar refractivity (Wildman–Crippen MR) is 112 cm³/mol. The van der Waals surface area contributed by atoms with E-state index in [0.29, 0.717) is 24.3 Å². The van der Waals surface area contributed by atoms with Crippen molar-refractivity contribution < 1.29 is 44.2 Å². The molecule has 0 spiro atoms. The van der Waals surface area contributed by atoms with Gasteiger partial charge >= 0.3 is 11.9 Å². The van der Waals surface area contributed by atoms with Gasteiger partial charge in [-0.3, -0.25) is 9.59 Å². The number of esters is 2. The summed E-state index contributed by atoms with van der Waals surface area (Å²) in [5.74, 6) is 0.0948. The number of hydrogen-bond donors (Lipinski definition) is 6. The Morgan fingerprint density at radius 3 is 1.38 bits per heavy atom. The van der Waals surface area contributed by atoms with Crippen molar-refractivity contribution in [3.8, 4) is 0 Å². The Labute approximate surface area is 182 Å². The van der Waals surface area contributed by atoms with Crippen LogP contribution in [-0.2, 0) is 23.8 Å². The van der Waals surface area contributed by atoms with Gasteiger partial charge in [-0.25, -0.2) is 0 Å². The monoisotopic (exact) mass is 458 g/mol. The maximum atomic E-state index is 11.8. The predicted octanol–water partition coefficient (Wildman–Crippen LogP) is -0.549. The van der Waals surface area contributed by atoms with Crippen LogP contribution in [0, 0.1) is 10.8 Å². The lowest BCUT2D eigenvalue weighted by Crippen LogP contribution is -2.45. The average Bonchev–Trinajstić information content (AvgIpc) is 2.75. The molecule has 4 N–H and O–H groups in total. The molecule has 0 bridgehead atoms. The fourth-order valence-corrected chi connectivity index (χ4v) is 2.41. The van der Waals surface area contributed by atoms with E-state index >= 15 is 0 Å². The lowest BCUT2D eigenvalue weighted by molar-refractivity contribution is -0.163. The van der Waals surface area contributed by atoms with Crippen molar-refractivity contribution in [2.75, 3.05) is 64.4 Å². The molecule has 0 aliphatic carbocycles. The molecule has 0 rings (SSSR count). The van der Waals surface area contributed by atoms with Crippen molar-refractivity contribution in [3.63, 3.8) is 0 Å². The summed E-state index contributed by atoms with van der Waals surface area (Å²) >= 11 is 8.06. The second-order valence-corrected chi connectivity index (χ2v) is 8.00. The Hall–Kier alpha value is -0.560. The number of rotatable bonds is 18. The van der Waals surface area contributed by atoms with Gasteiger partial charge in [0.25, 0.3) is 0 Å². The van der Waals surface area contributed by atoms with Gasteiger partial charge in [0.2, 0.25) is 0 Å². The van der Waals surface area contributed by atoms with Crippen LogP contribution >= 0.6 is 25.3 Å². The molecular weight excluding hydrogens is 424 g/mol. The van der Waals surface area contributed by atoms with E-state index in [2.05, 4.69) is 25.3 Å². The summed E-state index contributed by atoms with van der Waals surface area (Å²) in [6.07, 6.45) is 1.40. The molecule has 172 valence electrons. The minimum atomic E-state index is -1.26. The summed E-state index contributed by atoms with van der Waals surface area (Å²) < 4.78 is 15.9. The van der Waals surface area contributed by atoms with Crippen molar-refractivity contribution in [2.45, 2.75) is 25.7 Å². The Bertz CT molecular complexity index is 426. The highest BCUT2D eigenvalue weighted by atomic mass is 32.1. The smallest absolute Gasteiger partial charge is 0.305 e. The van der Waals surface area contributed by atoms with Crippen LogP contribution in [0.3, 0.4) is 0 Å². The zero-order chi connectivity index (χ0) is 22.2. The summed E-state index contributed by atoms with van der Waals surface area (Å²) in [5.41, 5.74) is -2.48. The van der Waals surface area contributed by atoms with E-state index in [-0.39, 0.29) is 39.3 Å². The largest absolute Gasteiger partial charge is 0.465 e. The van der Waals surface area contributed by atoms with E-state index in [9.17, 15) is 30.0 Å². The normalized spacial score (nSPS) is 12.1. The number of ether oxygens (including phenoxy) is 3. The first kappa shape index (κ1) is 28.4. The van der Waals surface area contributed by atoms with Crippen molar-refractivity contribution in [3.05, 3.63) is 0 Å². The third kappa shape index (κ3) is 11.4. The standard InChI is InChI=1S/C18H34O9S2/c19-7-17(8-20,9-21)11-25-12-18(10-22,13-26-15(23)3-1-5-28)14-27-16(24)4-2-6-29/h19-22,28-29H,1-14H2. The van der Waals surface area contributed by atoms with Gasteiger partial charge in [0.1, 0.15) is 13.2 Å². The van der Waals surface area contributed by atoms with Crippen molar-refractivity contribution in [2.24, 2.45) is 10.8 Å². The van der Waals surface area contributed by atoms with Crippen molar-refractivity contribution >= 4 is 37.2 Å². The van der Waals surface area contributed by atoms with E-state index in [0.717, 1.165) is 0 Å². The molecule has 11 heteroatoms. The first-order valence-electron chi connectivity index (χ1n) is 9.40. The van der Waals surface area contributed by atoms with Crippen molar-refractivity contribution in [1.82, 2.24) is 0 Å². The molecule has 0 fully saturated rings. The molecule has 9 nitrogen and oxygen atoms in total. The van der Waals surface area contributed by atoms with Crippen LogP contribution in [-0.4, -0.2) is 96.7 Å². The second-order valence-electron chi connectivity index (χ2n) is 7.10. The molecule has 0 aromatic rings. The van der Waals surface area contributed by atoms with Gasteiger partial charge in [0.05, 0.1) is 50.5 Å². The molecule has 0 amide bonds. The molecule has 0 aromatic carbocycles. The highest BCUT2D eigenvalue weighted by molar-refractivity contribution is 7.80. The van der Waals surface area contributed by atoms with Crippen LogP contribution in [0.5, 0.6) is 0 Å². The Morgan fingerprint density at radius 1 is 0.655 bits per heavy atom. The summed E-state index contributed by atoms with van der Waals surface area (Å²) in [6.45, 7) is -2.93. The molecular formula is C18H34O9S2. The van der Waals surface area contributed by atoms with Crippen LogP contribution in [0.4, 0.5) is 0 Å². The Morgan fingerprint density at radius 2 is 1.03 bits per heavy atom. The van der Waals surface area contributed by atoms with Gasteiger partial charge in [-0.1, -0.05) is 0 Å². The zero-order valence-corrected chi connectivity index (χ0v) is 18.4. The SMILES string of the molecule is O=C(CCCS)OCC(CO)(COCC(CO)(CO)CO)COC(=O)CCCS. The summed E-state index contributed by atoms with van der Waals surface area (Å²) in [4.78, 5) is 23.6. The molecule has 0 saturated heterocycles. The summed E-state index contributed by atoms with van der Waals surface area (Å²) in [6, 6.07) is 0. The van der Waals surface area contributed by atoms with Gasteiger partial charge in [0, 0.05) is 12.8 Å². The zero-order valence-electron chi connectivity index (χ0n) is 16.6. The van der Waals surface area contributed by atoms with Crippen LogP contribution < -0.4 is 0 Å². The van der Waals surface area contributed by atoms with E-state index in [4.69, 9.17) is 14.2 Å². The lowest BCUT2D eigenvalue weighted by atomic mass is 9.90.